The SMILES string of the molecule is COc1cccc(/C=C/C(C)=O)c1[N+](=O)[O-]. The smallest absolute Gasteiger partial charge is 0.318 e. The van der Waals surface area contributed by atoms with Crippen LogP contribution in [0.15, 0.2) is 24.3 Å². The van der Waals surface area contributed by atoms with Crippen LogP contribution in [0.2, 0.25) is 0 Å². The summed E-state index contributed by atoms with van der Waals surface area (Å²) in [6, 6.07) is 4.69. The summed E-state index contributed by atoms with van der Waals surface area (Å²) in [6.07, 6.45) is 2.69. The molecule has 84 valence electrons. The Bertz CT molecular complexity index is 451. The van der Waals surface area contributed by atoms with Gasteiger partial charge >= 0.3 is 5.69 Å². The first-order valence-corrected chi connectivity index (χ1v) is 4.56. The number of nitro benzene ring substituents is 1. The number of ether oxygens (including phenoxy) is 1. The number of hydrogen-bond acceptors (Lipinski definition) is 4. The predicted molar refractivity (Wildman–Crippen MR) is 59.4 cm³/mol. The monoisotopic (exact) mass is 221 g/mol. The Morgan fingerprint density at radius 2 is 2.19 bits per heavy atom. The third-order valence-corrected chi connectivity index (χ3v) is 1.93. The Morgan fingerprint density at radius 1 is 1.50 bits per heavy atom. The van der Waals surface area contributed by atoms with Gasteiger partial charge in [0.2, 0.25) is 0 Å². The molecule has 0 N–H and O–H groups in total. The maximum absolute atomic E-state index is 10.9. The quantitative estimate of drug-likeness (QED) is 0.444. The molecule has 0 unspecified atom stereocenters. The molecule has 0 spiro atoms. The van der Waals surface area contributed by atoms with Crippen molar-refractivity contribution in [2.75, 3.05) is 7.11 Å². The maximum Gasteiger partial charge on any atom is 0.318 e. The molecule has 5 nitrogen and oxygen atoms in total. The number of para-hydroxylation sites is 1. The van der Waals surface area contributed by atoms with E-state index in [1.54, 1.807) is 12.1 Å². The van der Waals surface area contributed by atoms with Gasteiger partial charge in [-0.3, -0.25) is 14.9 Å². The van der Waals surface area contributed by atoms with Crippen LogP contribution in [0.4, 0.5) is 5.69 Å². The number of allylic oxidation sites excluding steroid dienone is 1. The van der Waals surface area contributed by atoms with Gasteiger partial charge in [-0.05, 0) is 31.2 Å². The summed E-state index contributed by atoms with van der Waals surface area (Å²) in [5, 5.41) is 10.9. The molecule has 0 radical (unpaired) electrons. The Morgan fingerprint density at radius 3 is 2.69 bits per heavy atom. The van der Waals surface area contributed by atoms with Gasteiger partial charge in [-0.2, -0.15) is 0 Å². The molecule has 1 aromatic carbocycles. The average molecular weight is 221 g/mol. The first kappa shape index (κ1) is 11.9. The van der Waals surface area contributed by atoms with Crippen molar-refractivity contribution in [1.29, 1.82) is 0 Å². The van der Waals surface area contributed by atoms with E-state index in [0.717, 1.165) is 0 Å². The fourth-order valence-electron chi connectivity index (χ4n) is 1.24. The van der Waals surface area contributed by atoms with Gasteiger partial charge < -0.3 is 4.74 Å². The zero-order valence-electron chi connectivity index (χ0n) is 8.97. The lowest BCUT2D eigenvalue weighted by Gasteiger charge is -2.03. The molecule has 0 atom stereocenters. The maximum atomic E-state index is 10.9. The van der Waals surface area contributed by atoms with Crippen molar-refractivity contribution in [1.82, 2.24) is 0 Å². The number of methoxy groups -OCH3 is 1. The molecule has 0 aromatic heterocycles. The van der Waals surface area contributed by atoms with Gasteiger partial charge in [0.05, 0.1) is 17.6 Å². The van der Waals surface area contributed by atoms with Crippen LogP contribution in [0.5, 0.6) is 5.75 Å². The first-order valence-electron chi connectivity index (χ1n) is 4.56. The van der Waals surface area contributed by atoms with Crippen LogP contribution in [-0.4, -0.2) is 17.8 Å². The Kier molecular flexibility index (Phi) is 3.77. The molecule has 0 saturated carbocycles. The van der Waals surface area contributed by atoms with Crippen LogP contribution in [0, 0.1) is 10.1 Å². The van der Waals surface area contributed by atoms with Crippen molar-refractivity contribution in [3.8, 4) is 5.75 Å². The van der Waals surface area contributed by atoms with Gasteiger partial charge in [0.25, 0.3) is 0 Å². The molecule has 0 aliphatic carbocycles. The number of rotatable bonds is 4. The number of nitrogens with zero attached hydrogens (tertiary/aromatic N) is 1. The third kappa shape index (κ3) is 2.66. The molecule has 0 aliphatic heterocycles. The lowest BCUT2D eigenvalue weighted by molar-refractivity contribution is -0.386. The molecule has 1 rings (SSSR count). The number of nitro groups is 1. The highest BCUT2D eigenvalue weighted by Gasteiger charge is 2.18. The van der Waals surface area contributed by atoms with Crippen LogP contribution in [0.25, 0.3) is 6.08 Å². The molecule has 0 saturated heterocycles. The van der Waals surface area contributed by atoms with Gasteiger partial charge in [-0.15, -0.1) is 0 Å². The summed E-state index contributed by atoms with van der Waals surface area (Å²) in [4.78, 5) is 21.1. The van der Waals surface area contributed by atoms with E-state index < -0.39 is 4.92 Å². The summed E-state index contributed by atoms with van der Waals surface area (Å²) in [6.45, 7) is 1.38. The minimum atomic E-state index is -0.529. The summed E-state index contributed by atoms with van der Waals surface area (Å²) >= 11 is 0. The molecule has 0 aliphatic rings. The van der Waals surface area contributed by atoms with E-state index >= 15 is 0 Å². The number of carbonyl (C=O) groups excluding carboxylic acids is 1. The second-order valence-corrected chi connectivity index (χ2v) is 3.10. The minimum Gasteiger partial charge on any atom is -0.490 e. The molecular weight excluding hydrogens is 210 g/mol. The lowest BCUT2D eigenvalue weighted by Crippen LogP contribution is -1.96. The third-order valence-electron chi connectivity index (χ3n) is 1.93. The second kappa shape index (κ2) is 5.06. The Labute approximate surface area is 92.5 Å². The molecule has 1 aromatic rings. The van der Waals surface area contributed by atoms with E-state index in [1.807, 2.05) is 0 Å². The number of hydrogen-bond donors (Lipinski definition) is 0. The van der Waals surface area contributed by atoms with Crippen molar-refractivity contribution in [3.63, 3.8) is 0 Å². The van der Waals surface area contributed by atoms with Gasteiger partial charge in [0.15, 0.2) is 11.5 Å². The van der Waals surface area contributed by atoms with Crippen LogP contribution >= 0.6 is 0 Å². The number of ketones is 1. The standard InChI is InChI=1S/C11H11NO4/c1-8(13)6-7-9-4-3-5-10(16-2)11(9)12(14)15/h3-7H,1-2H3/b7-6+. The molecule has 0 amide bonds. The number of carbonyl (C=O) groups is 1. The first-order chi connectivity index (χ1) is 7.56. The van der Waals surface area contributed by atoms with Crippen LogP contribution in [-0.2, 0) is 4.79 Å². The normalized spacial score (nSPS) is 10.4. The topological polar surface area (TPSA) is 69.4 Å². The molecular formula is C11H11NO4. The molecule has 0 fully saturated rings. The fourth-order valence-corrected chi connectivity index (χ4v) is 1.24. The van der Waals surface area contributed by atoms with E-state index in [1.165, 1.54) is 32.3 Å². The molecule has 0 bridgehead atoms. The highest BCUT2D eigenvalue weighted by molar-refractivity contribution is 5.92. The highest BCUT2D eigenvalue weighted by Crippen LogP contribution is 2.31. The zero-order chi connectivity index (χ0) is 12.1. The van der Waals surface area contributed by atoms with E-state index in [4.69, 9.17) is 4.74 Å². The lowest BCUT2D eigenvalue weighted by atomic mass is 10.1. The molecule has 5 heteroatoms. The van der Waals surface area contributed by atoms with Gasteiger partial charge in [-0.1, -0.05) is 6.07 Å². The summed E-state index contributed by atoms with van der Waals surface area (Å²) in [5.41, 5.74) is 0.210. The predicted octanol–water partition coefficient (Wildman–Crippen LogP) is 2.21. The summed E-state index contributed by atoms with van der Waals surface area (Å²) in [7, 11) is 1.36. The number of benzene rings is 1. The van der Waals surface area contributed by atoms with Crippen LogP contribution < -0.4 is 4.74 Å². The van der Waals surface area contributed by atoms with Gasteiger partial charge in [0.1, 0.15) is 0 Å². The summed E-state index contributed by atoms with van der Waals surface area (Å²) in [5.74, 6) is 0.00724. The van der Waals surface area contributed by atoms with E-state index in [9.17, 15) is 14.9 Å². The van der Waals surface area contributed by atoms with Gasteiger partial charge in [0, 0.05) is 0 Å². The van der Waals surface area contributed by atoms with Crippen molar-refractivity contribution in [3.05, 3.63) is 40.0 Å². The summed E-state index contributed by atoms with van der Waals surface area (Å²) < 4.78 is 4.89. The van der Waals surface area contributed by atoms with Gasteiger partial charge in [-0.25, -0.2) is 0 Å². The Hall–Kier alpha value is -2.17. The second-order valence-electron chi connectivity index (χ2n) is 3.10. The van der Waals surface area contributed by atoms with Crippen molar-refractivity contribution in [2.45, 2.75) is 6.92 Å². The van der Waals surface area contributed by atoms with Crippen LogP contribution in [0.3, 0.4) is 0 Å². The largest absolute Gasteiger partial charge is 0.490 e. The average Bonchev–Trinajstić information content (AvgIpc) is 2.25. The van der Waals surface area contributed by atoms with E-state index in [2.05, 4.69) is 0 Å². The Balaban J connectivity index is 3.27. The fraction of sp³-hybridized carbons (Fsp3) is 0.182. The van der Waals surface area contributed by atoms with E-state index in [0.29, 0.717) is 5.56 Å². The van der Waals surface area contributed by atoms with Crippen molar-refractivity contribution < 1.29 is 14.5 Å². The zero-order valence-corrected chi connectivity index (χ0v) is 8.97. The highest BCUT2D eigenvalue weighted by atomic mass is 16.6. The van der Waals surface area contributed by atoms with E-state index in [-0.39, 0.29) is 17.2 Å². The minimum absolute atomic E-state index is 0.137. The van der Waals surface area contributed by atoms with Crippen LogP contribution in [0.1, 0.15) is 12.5 Å². The van der Waals surface area contributed by atoms with Crippen molar-refractivity contribution in [2.24, 2.45) is 0 Å². The molecule has 16 heavy (non-hydrogen) atoms. The van der Waals surface area contributed by atoms with Crippen molar-refractivity contribution >= 4 is 17.5 Å². The molecule has 0 heterocycles.